The third-order valence-corrected chi connectivity index (χ3v) is 3.51. The molecule has 0 saturated heterocycles. The highest BCUT2D eigenvalue weighted by Crippen LogP contribution is 2.17. The average Bonchev–Trinajstić information content (AvgIpc) is 2.49. The van der Waals surface area contributed by atoms with Gasteiger partial charge in [0, 0.05) is 19.8 Å². The molecule has 22 heavy (non-hydrogen) atoms. The third kappa shape index (κ3) is 4.09. The Balaban J connectivity index is 2.04. The lowest BCUT2D eigenvalue weighted by Gasteiger charge is -2.11. The summed E-state index contributed by atoms with van der Waals surface area (Å²) in [6.45, 7) is 0. The SMILES string of the molecule is CN(C)C(=O)Cc1ccc(NC(=O)c2ccccc2Cl)cc1. The van der Waals surface area contributed by atoms with Crippen LogP contribution in [0.4, 0.5) is 5.69 Å². The summed E-state index contributed by atoms with van der Waals surface area (Å²) >= 11 is 5.99. The van der Waals surface area contributed by atoms with Crippen LogP contribution in [0.15, 0.2) is 48.5 Å². The van der Waals surface area contributed by atoms with Crippen molar-refractivity contribution in [3.05, 3.63) is 64.7 Å². The number of likely N-dealkylation sites (N-methyl/N-ethyl adjacent to an activating group) is 1. The van der Waals surface area contributed by atoms with E-state index in [9.17, 15) is 9.59 Å². The second kappa shape index (κ2) is 7.09. The van der Waals surface area contributed by atoms with Crippen molar-refractivity contribution >= 4 is 29.1 Å². The second-order valence-corrected chi connectivity index (χ2v) is 5.50. The smallest absolute Gasteiger partial charge is 0.257 e. The van der Waals surface area contributed by atoms with Crippen molar-refractivity contribution in [2.24, 2.45) is 0 Å². The van der Waals surface area contributed by atoms with E-state index in [2.05, 4.69) is 5.32 Å². The molecule has 0 radical (unpaired) electrons. The highest BCUT2D eigenvalue weighted by molar-refractivity contribution is 6.34. The van der Waals surface area contributed by atoms with E-state index >= 15 is 0 Å². The Morgan fingerprint density at radius 2 is 1.68 bits per heavy atom. The molecule has 2 aromatic carbocycles. The van der Waals surface area contributed by atoms with Gasteiger partial charge in [0.25, 0.3) is 5.91 Å². The molecule has 0 atom stereocenters. The standard InChI is InChI=1S/C17H17ClN2O2/c1-20(2)16(21)11-12-7-9-13(10-8-12)19-17(22)14-5-3-4-6-15(14)18/h3-10H,11H2,1-2H3,(H,19,22). The first-order valence-corrected chi connectivity index (χ1v) is 7.20. The van der Waals surface area contributed by atoms with Crippen molar-refractivity contribution in [1.82, 2.24) is 4.90 Å². The molecule has 5 heteroatoms. The number of carbonyl (C=O) groups excluding carboxylic acids is 2. The van der Waals surface area contributed by atoms with Crippen LogP contribution in [0.3, 0.4) is 0 Å². The zero-order valence-electron chi connectivity index (χ0n) is 12.5. The molecule has 2 aromatic rings. The predicted molar refractivity (Wildman–Crippen MR) is 88.2 cm³/mol. The predicted octanol–water partition coefficient (Wildman–Crippen LogP) is 3.22. The number of nitrogens with one attached hydrogen (secondary N) is 1. The van der Waals surface area contributed by atoms with E-state index in [-0.39, 0.29) is 11.8 Å². The molecule has 0 bridgehead atoms. The number of benzene rings is 2. The monoisotopic (exact) mass is 316 g/mol. The van der Waals surface area contributed by atoms with E-state index in [0.29, 0.717) is 22.7 Å². The zero-order valence-corrected chi connectivity index (χ0v) is 13.2. The molecule has 0 aliphatic heterocycles. The lowest BCUT2D eigenvalue weighted by atomic mass is 10.1. The quantitative estimate of drug-likeness (QED) is 0.941. The van der Waals surface area contributed by atoms with Crippen molar-refractivity contribution in [3.63, 3.8) is 0 Å². The van der Waals surface area contributed by atoms with Gasteiger partial charge in [0.1, 0.15) is 0 Å². The Labute approximate surface area is 134 Å². The average molecular weight is 317 g/mol. The van der Waals surface area contributed by atoms with E-state index in [1.54, 1.807) is 55.4 Å². The van der Waals surface area contributed by atoms with Crippen molar-refractivity contribution < 1.29 is 9.59 Å². The molecule has 0 aliphatic rings. The van der Waals surface area contributed by atoms with Gasteiger partial charge in [-0.15, -0.1) is 0 Å². The Hall–Kier alpha value is -2.33. The molecular weight excluding hydrogens is 300 g/mol. The molecule has 0 aliphatic carbocycles. The summed E-state index contributed by atoms with van der Waals surface area (Å²) in [6.07, 6.45) is 0.339. The summed E-state index contributed by atoms with van der Waals surface area (Å²) in [4.78, 5) is 25.3. The number of anilines is 1. The molecular formula is C17H17ClN2O2. The molecule has 114 valence electrons. The van der Waals surface area contributed by atoms with Gasteiger partial charge < -0.3 is 10.2 Å². The second-order valence-electron chi connectivity index (χ2n) is 5.10. The fourth-order valence-electron chi connectivity index (χ4n) is 1.88. The number of amides is 2. The van der Waals surface area contributed by atoms with Gasteiger partial charge in [0.15, 0.2) is 0 Å². The van der Waals surface area contributed by atoms with Gasteiger partial charge in [-0.2, -0.15) is 0 Å². The summed E-state index contributed by atoms with van der Waals surface area (Å²) in [5.41, 5.74) is 1.98. The Bertz CT molecular complexity index is 681. The van der Waals surface area contributed by atoms with Crippen molar-refractivity contribution in [3.8, 4) is 0 Å². The summed E-state index contributed by atoms with van der Waals surface area (Å²) in [6, 6.07) is 14.1. The van der Waals surface area contributed by atoms with Crippen LogP contribution >= 0.6 is 11.6 Å². The fourth-order valence-corrected chi connectivity index (χ4v) is 2.10. The molecule has 2 rings (SSSR count). The number of rotatable bonds is 4. The molecule has 1 N–H and O–H groups in total. The number of hydrogen-bond acceptors (Lipinski definition) is 2. The van der Waals surface area contributed by atoms with E-state index < -0.39 is 0 Å². The van der Waals surface area contributed by atoms with Crippen molar-refractivity contribution in [2.75, 3.05) is 19.4 Å². The fraction of sp³-hybridized carbons (Fsp3) is 0.176. The minimum atomic E-state index is -0.261. The maximum Gasteiger partial charge on any atom is 0.257 e. The van der Waals surface area contributed by atoms with Crippen LogP contribution < -0.4 is 5.32 Å². The van der Waals surface area contributed by atoms with Crippen LogP contribution in [0.25, 0.3) is 0 Å². The van der Waals surface area contributed by atoms with E-state index in [0.717, 1.165) is 5.56 Å². The molecule has 0 unspecified atom stereocenters. The highest BCUT2D eigenvalue weighted by Gasteiger charge is 2.10. The molecule has 4 nitrogen and oxygen atoms in total. The highest BCUT2D eigenvalue weighted by atomic mass is 35.5. The number of nitrogens with zero attached hydrogens (tertiary/aromatic N) is 1. The topological polar surface area (TPSA) is 49.4 Å². The lowest BCUT2D eigenvalue weighted by molar-refractivity contribution is -0.127. The van der Waals surface area contributed by atoms with Gasteiger partial charge in [-0.3, -0.25) is 9.59 Å². The Morgan fingerprint density at radius 3 is 2.27 bits per heavy atom. The molecule has 2 amide bonds. The van der Waals surface area contributed by atoms with Crippen LogP contribution in [-0.4, -0.2) is 30.8 Å². The normalized spacial score (nSPS) is 10.1. The van der Waals surface area contributed by atoms with Gasteiger partial charge >= 0.3 is 0 Å². The summed E-state index contributed by atoms with van der Waals surface area (Å²) in [7, 11) is 3.45. The number of carbonyl (C=O) groups is 2. The number of halogens is 1. The summed E-state index contributed by atoms with van der Waals surface area (Å²) in [5, 5.41) is 3.19. The lowest BCUT2D eigenvalue weighted by Crippen LogP contribution is -2.23. The van der Waals surface area contributed by atoms with Crippen LogP contribution in [0.1, 0.15) is 15.9 Å². The largest absolute Gasteiger partial charge is 0.349 e. The third-order valence-electron chi connectivity index (χ3n) is 3.18. The van der Waals surface area contributed by atoms with E-state index in [1.807, 2.05) is 12.1 Å². The molecule has 0 heterocycles. The molecule has 0 aromatic heterocycles. The van der Waals surface area contributed by atoms with Crippen LogP contribution in [-0.2, 0) is 11.2 Å². The molecule has 0 saturated carbocycles. The van der Waals surface area contributed by atoms with Crippen LogP contribution in [0.5, 0.6) is 0 Å². The van der Waals surface area contributed by atoms with E-state index in [1.165, 1.54) is 0 Å². The van der Waals surface area contributed by atoms with E-state index in [4.69, 9.17) is 11.6 Å². The first kappa shape index (κ1) is 16.0. The maximum absolute atomic E-state index is 12.1. The summed E-state index contributed by atoms with van der Waals surface area (Å²) < 4.78 is 0. The van der Waals surface area contributed by atoms with Gasteiger partial charge in [-0.25, -0.2) is 0 Å². The first-order valence-electron chi connectivity index (χ1n) is 6.82. The van der Waals surface area contributed by atoms with Crippen LogP contribution in [0.2, 0.25) is 5.02 Å². The van der Waals surface area contributed by atoms with Crippen molar-refractivity contribution in [1.29, 1.82) is 0 Å². The van der Waals surface area contributed by atoms with Gasteiger partial charge in [-0.05, 0) is 29.8 Å². The minimum Gasteiger partial charge on any atom is -0.349 e. The molecule has 0 fully saturated rings. The maximum atomic E-state index is 12.1. The van der Waals surface area contributed by atoms with Gasteiger partial charge in [0.05, 0.1) is 17.0 Å². The Kier molecular flexibility index (Phi) is 5.17. The number of hydrogen-bond donors (Lipinski definition) is 1. The van der Waals surface area contributed by atoms with Gasteiger partial charge in [0.2, 0.25) is 5.91 Å². The van der Waals surface area contributed by atoms with Crippen LogP contribution in [0, 0.1) is 0 Å². The first-order chi connectivity index (χ1) is 10.5. The summed E-state index contributed by atoms with van der Waals surface area (Å²) in [5.74, 6) is -0.226. The minimum absolute atomic E-state index is 0.0350. The molecule has 0 spiro atoms. The van der Waals surface area contributed by atoms with Crippen molar-refractivity contribution in [2.45, 2.75) is 6.42 Å². The zero-order chi connectivity index (χ0) is 16.1. The Morgan fingerprint density at radius 1 is 1.05 bits per heavy atom. The van der Waals surface area contributed by atoms with Gasteiger partial charge in [-0.1, -0.05) is 35.9 Å².